The normalized spacial score (nSPS) is 12.5. The molecule has 1 unspecified atom stereocenters. The molecule has 0 radical (unpaired) electrons. The Labute approximate surface area is 110 Å². The Morgan fingerprint density at radius 1 is 1.47 bits per heavy atom. The first kappa shape index (κ1) is 12.3. The quantitative estimate of drug-likeness (QED) is 0.794. The van der Waals surface area contributed by atoms with Gasteiger partial charge in [0.2, 0.25) is 5.28 Å². The number of rotatable bonds is 3. The van der Waals surface area contributed by atoms with Crippen LogP contribution in [0.2, 0.25) is 5.28 Å². The summed E-state index contributed by atoms with van der Waals surface area (Å²) in [5.74, 6) is 0.880. The van der Waals surface area contributed by atoms with Gasteiger partial charge in [0.05, 0.1) is 6.04 Å². The molecule has 0 spiro atoms. The van der Waals surface area contributed by atoms with Crippen molar-refractivity contribution < 1.29 is 0 Å². The standard InChI is InChI=1S/C12H14ClN3S/c1-8-7-14-12(13)15-11(8)16(3)9(2)10-5-4-6-17-10/h4-7,9H,1-3H3. The fourth-order valence-electron chi connectivity index (χ4n) is 1.67. The van der Waals surface area contributed by atoms with Gasteiger partial charge >= 0.3 is 0 Å². The summed E-state index contributed by atoms with van der Waals surface area (Å²) in [6.45, 7) is 4.14. The average Bonchev–Trinajstić information content (AvgIpc) is 2.84. The number of halogens is 1. The first-order valence-corrected chi connectivity index (χ1v) is 6.60. The van der Waals surface area contributed by atoms with Gasteiger partial charge in [-0.3, -0.25) is 0 Å². The van der Waals surface area contributed by atoms with E-state index >= 15 is 0 Å². The summed E-state index contributed by atoms with van der Waals surface area (Å²) in [5, 5.41) is 2.37. The molecule has 2 aromatic rings. The third-order valence-corrected chi connectivity index (χ3v) is 4.01. The van der Waals surface area contributed by atoms with E-state index in [0.717, 1.165) is 11.4 Å². The minimum atomic E-state index is 0.277. The first-order valence-electron chi connectivity index (χ1n) is 5.35. The highest BCUT2D eigenvalue weighted by atomic mass is 35.5. The molecule has 0 aliphatic carbocycles. The second kappa shape index (κ2) is 5.02. The average molecular weight is 268 g/mol. The van der Waals surface area contributed by atoms with E-state index in [9.17, 15) is 0 Å². The second-order valence-electron chi connectivity index (χ2n) is 3.95. The number of anilines is 1. The third kappa shape index (κ3) is 2.58. The van der Waals surface area contributed by atoms with E-state index < -0.39 is 0 Å². The molecule has 0 saturated heterocycles. The van der Waals surface area contributed by atoms with Gasteiger partial charge in [0, 0.05) is 23.7 Å². The maximum Gasteiger partial charge on any atom is 0.224 e. The van der Waals surface area contributed by atoms with Gasteiger partial charge in [-0.05, 0) is 36.9 Å². The Bertz CT molecular complexity index is 498. The van der Waals surface area contributed by atoms with E-state index in [0.29, 0.717) is 0 Å². The van der Waals surface area contributed by atoms with Crippen molar-refractivity contribution in [1.29, 1.82) is 0 Å². The second-order valence-corrected chi connectivity index (χ2v) is 5.27. The molecule has 2 heterocycles. The van der Waals surface area contributed by atoms with Gasteiger partial charge < -0.3 is 4.90 Å². The summed E-state index contributed by atoms with van der Waals surface area (Å²) < 4.78 is 0. The van der Waals surface area contributed by atoms with Gasteiger partial charge in [-0.2, -0.15) is 0 Å². The molecular weight excluding hydrogens is 254 g/mol. The van der Waals surface area contributed by atoms with Gasteiger partial charge in [-0.25, -0.2) is 9.97 Å². The van der Waals surface area contributed by atoms with Crippen LogP contribution in [0.5, 0.6) is 0 Å². The lowest BCUT2D eigenvalue weighted by atomic mass is 10.2. The van der Waals surface area contributed by atoms with Crippen molar-refractivity contribution in [3.8, 4) is 0 Å². The van der Waals surface area contributed by atoms with Crippen LogP contribution in [0.15, 0.2) is 23.7 Å². The van der Waals surface area contributed by atoms with Crippen LogP contribution in [0.25, 0.3) is 0 Å². The fourth-order valence-corrected chi connectivity index (χ4v) is 2.63. The predicted molar refractivity (Wildman–Crippen MR) is 72.9 cm³/mol. The molecule has 0 bridgehead atoms. The third-order valence-electron chi connectivity index (χ3n) is 2.79. The summed E-state index contributed by atoms with van der Waals surface area (Å²) in [6.07, 6.45) is 1.75. The number of hydrogen-bond acceptors (Lipinski definition) is 4. The van der Waals surface area contributed by atoms with Crippen LogP contribution in [0.1, 0.15) is 23.4 Å². The van der Waals surface area contributed by atoms with Crippen LogP contribution < -0.4 is 4.90 Å². The lowest BCUT2D eigenvalue weighted by Crippen LogP contribution is -2.23. The molecule has 0 saturated carbocycles. The van der Waals surface area contributed by atoms with Gasteiger partial charge in [-0.1, -0.05) is 6.07 Å². The summed E-state index contributed by atoms with van der Waals surface area (Å²) in [7, 11) is 2.02. The van der Waals surface area contributed by atoms with E-state index in [1.54, 1.807) is 17.5 Å². The number of aromatic nitrogens is 2. The van der Waals surface area contributed by atoms with E-state index in [4.69, 9.17) is 11.6 Å². The molecule has 0 fully saturated rings. The zero-order valence-electron chi connectivity index (χ0n) is 10.0. The minimum absolute atomic E-state index is 0.277. The SMILES string of the molecule is Cc1cnc(Cl)nc1N(C)C(C)c1cccs1. The van der Waals surface area contributed by atoms with E-state index in [2.05, 4.69) is 39.3 Å². The van der Waals surface area contributed by atoms with Crippen molar-refractivity contribution in [1.82, 2.24) is 9.97 Å². The topological polar surface area (TPSA) is 29.0 Å². The Balaban J connectivity index is 2.30. The van der Waals surface area contributed by atoms with E-state index in [1.165, 1.54) is 4.88 Å². The molecular formula is C12H14ClN3S. The highest BCUT2D eigenvalue weighted by molar-refractivity contribution is 7.10. The van der Waals surface area contributed by atoms with Gasteiger partial charge in [0.25, 0.3) is 0 Å². The van der Waals surface area contributed by atoms with Gasteiger partial charge in [0.15, 0.2) is 0 Å². The number of hydrogen-bond donors (Lipinski definition) is 0. The molecule has 2 rings (SSSR count). The zero-order chi connectivity index (χ0) is 12.4. The molecule has 90 valence electrons. The summed E-state index contributed by atoms with van der Waals surface area (Å²) in [5.41, 5.74) is 1.03. The van der Waals surface area contributed by atoms with Crippen LogP contribution in [0.4, 0.5) is 5.82 Å². The molecule has 5 heteroatoms. The lowest BCUT2D eigenvalue weighted by Gasteiger charge is -2.26. The van der Waals surface area contributed by atoms with Crippen molar-refractivity contribution in [3.05, 3.63) is 39.4 Å². The molecule has 0 aliphatic heterocycles. The van der Waals surface area contributed by atoms with Crippen molar-refractivity contribution in [2.75, 3.05) is 11.9 Å². The van der Waals surface area contributed by atoms with Crippen LogP contribution in [0.3, 0.4) is 0 Å². The highest BCUT2D eigenvalue weighted by Crippen LogP contribution is 2.28. The van der Waals surface area contributed by atoms with E-state index in [-0.39, 0.29) is 11.3 Å². The highest BCUT2D eigenvalue weighted by Gasteiger charge is 2.16. The van der Waals surface area contributed by atoms with E-state index in [1.807, 2.05) is 14.0 Å². The summed E-state index contributed by atoms with van der Waals surface area (Å²) in [6, 6.07) is 4.47. The summed E-state index contributed by atoms with van der Waals surface area (Å²) in [4.78, 5) is 11.7. The molecule has 3 nitrogen and oxygen atoms in total. The number of nitrogens with zero attached hydrogens (tertiary/aromatic N) is 3. The van der Waals surface area contributed by atoms with Crippen molar-refractivity contribution in [3.63, 3.8) is 0 Å². The van der Waals surface area contributed by atoms with Crippen molar-refractivity contribution in [2.45, 2.75) is 19.9 Å². The van der Waals surface area contributed by atoms with Gasteiger partial charge in [0.1, 0.15) is 5.82 Å². The fraction of sp³-hybridized carbons (Fsp3) is 0.333. The maximum atomic E-state index is 5.84. The Morgan fingerprint density at radius 2 is 2.24 bits per heavy atom. The molecule has 0 amide bonds. The lowest BCUT2D eigenvalue weighted by molar-refractivity contribution is 0.737. The predicted octanol–water partition coefficient (Wildman–Crippen LogP) is 3.70. The number of aryl methyl sites for hydroxylation is 1. The molecule has 0 aliphatic rings. The summed E-state index contributed by atoms with van der Waals surface area (Å²) >= 11 is 7.59. The molecule has 0 aromatic carbocycles. The minimum Gasteiger partial charge on any atom is -0.352 e. The van der Waals surface area contributed by atoms with Gasteiger partial charge in [-0.15, -0.1) is 11.3 Å². The zero-order valence-corrected chi connectivity index (χ0v) is 11.6. The maximum absolute atomic E-state index is 5.84. The molecule has 17 heavy (non-hydrogen) atoms. The molecule has 1 atom stereocenters. The van der Waals surface area contributed by atoms with Crippen LogP contribution in [0, 0.1) is 6.92 Å². The molecule has 0 N–H and O–H groups in total. The Hall–Kier alpha value is -1.13. The smallest absolute Gasteiger partial charge is 0.224 e. The van der Waals surface area contributed by atoms with Crippen LogP contribution in [-0.2, 0) is 0 Å². The van der Waals surface area contributed by atoms with Crippen molar-refractivity contribution >= 4 is 28.8 Å². The first-order chi connectivity index (χ1) is 8.09. The van der Waals surface area contributed by atoms with Crippen LogP contribution >= 0.6 is 22.9 Å². The number of thiophene rings is 1. The van der Waals surface area contributed by atoms with Crippen LogP contribution in [-0.4, -0.2) is 17.0 Å². The molecule has 2 aromatic heterocycles. The Kier molecular flexibility index (Phi) is 3.64. The largest absolute Gasteiger partial charge is 0.352 e. The Morgan fingerprint density at radius 3 is 2.88 bits per heavy atom. The monoisotopic (exact) mass is 267 g/mol. The van der Waals surface area contributed by atoms with Crippen molar-refractivity contribution in [2.24, 2.45) is 0 Å².